The van der Waals surface area contributed by atoms with Gasteiger partial charge in [0.05, 0.1) is 12.3 Å². The second-order valence-electron chi connectivity index (χ2n) is 6.83. The zero-order valence-corrected chi connectivity index (χ0v) is 18.1. The lowest BCUT2D eigenvalue weighted by molar-refractivity contribution is -0.116. The zero-order chi connectivity index (χ0) is 21.8. The molecule has 0 atom stereocenters. The van der Waals surface area contributed by atoms with E-state index in [0.29, 0.717) is 23.5 Å². The molecule has 31 heavy (non-hydrogen) atoms. The summed E-state index contributed by atoms with van der Waals surface area (Å²) in [5.41, 5.74) is 2.39. The highest BCUT2D eigenvalue weighted by atomic mass is 32.2. The van der Waals surface area contributed by atoms with Crippen LogP contribution in [0.3, 0.4) is 0 Å². The number of fused-ring (bicyclic) bond motifs is 1. The quantitative estimate of drug-likeness (QED) is 0.446. The van der Waals surface area contributed by atoms with E-state index in [1.807, 2.05) is 61.7 Å². The second-order valence-corrected chi connectivity index (χ2v) is 7.71. The number of carbonyl (C=O) groups is 1. The summed E-state index contributed by atoms with van der Waals surface area (Å²) >= 11 is 1.60. The van der Waals surface area contributed by atoms with Crippen LogP contribution in [0.2, 0.25) is 0 Å². The predicted octanol–water partition coefficient (Wildman–Crippen LogP) is 3.92. The van der Waals surface area contributed by atoms with Crippen molar-refractivity contribution in [3.63, 3.8) is 0 Å². The van der Waals surface area contributed by atoms with Crippen molar-refractivity contribution >= 4 is 28.9 Å². The first-order chi connectivity index (χ1) is 15.1. The monoisotopic (exact) mass is 434 g/mol. The predicted molar refractivity (Wildman–Crippen MR) is 123 cm³/mol. The summed E-state index contributed by atoms with van der Waals surface area (Å²) in [6.45, 7) is 2.45. The number of ether oxygens (including phenoxy) is 1. The molecule has 0 saturated carbocycles. The van der Waals surface area contributed by atoms with E-state index in [-0.39, 0.29) is 18.0 Å². The molecular weight excluding hydrogens is 412 g/mol. The van der Waals surface area contributed by atoms with Crippen LogP contribution < -0.4 is 15.6 Å². The second kappa shape index (κ2) is 9.09. The fourth-order valence-corrected chi connectivity index (χ4v) is 3.70. The molecule has 0 spiro atoms. The standard InChI is InChI=1S/C23H22N4O3S/c1-3-30-18-9-7-16(8-10-18)20-14-21-23(29)26(11-12-27(21)25-20)15-22(28)24-17-5-4-6-19(13-17)31-2/h4-14H,3,15H2,1-2H3,(H,24,28). The van der Waals surface area contributed by atoms with Crippen LogP contribution in [-0.2, 0) is 11.3 Å². The number of rotatable bonds is 7. The fraction of sp³-hybridized carbons (Fsp3) is 0.174. The number of hydrogen-bond donors (Lipinski definition) is 1. The van der Waals surface area contributed by atoms with E-state index in [0.717, 1.165) is 16.2 Å². The summed E-state index contributed by atoms with van der Waals surface area (Å²) in [6, 6.07) is 16.9. The van der Waals surface area contributed by atoms with E-state index in [4.69, 9.17) is 4.74 Å². The normalized spacial score (nSPS) is 10.9. The van der Waals surface area contributed by atoms with Gasteiger partial charge in [0.25, 0.3) is 5.56 Å². The first-order valence-electron chi connectivity index (χ1n) is 9.83. The Morgan fingerprint density at radius 3 is 2.68 bits per heavy atom. The number of thioether (sulfide) groups is 1. The highest BCUT2D eigenvalue weighted by molar-refractivity contribution is 7.98. The molecule has 158 valence electrons. The number of nitrogens with one attached hydrogen (secondary N) is 1. The smallest absolute Gasteiger partial charge is 0.277 e. The van der Waals surface area contributed by atoms with Crippen LogP contribution in [0.4, 0.5) is 5.69 Å². The molecule has 8 heteroatoms. The summed E-state index contributed by atoms with van der Waals surface area (Å²) in [7, 11) is 0. The molecule has 2 aromatic heterocycles. The molecule has 2 heterocycles. The molecule has 0 saturated heterocycles. The minimum atomic E-state index is -0.278. The Bertz CT molecular complexity index is 1280. The summed E-state index contributed by atoms with van der Waals surface area (Å²) in [5.74, 6) is 0.516. The van der Waals surface area contributed by atoms with Gasteiger partial charge in [0.2, 0.25) is 5.91 Å². The molecule has 1 N–H and O–H groups in total. The van der Waals surface area contributed by atoms with Crippen LogP contribution in [0.15, 0.2) is 76.7 Å². The molecular formula is C23H22N4O3S. The Morgan fingerprint density at radius 2 is 1.94 bits per heavy atom. The fourth-order valence-electron chi connectivity index (χ4n) is 3.24. The van der Waals surface area contributed by atoms with Crippen LogP contribution in [-0.4, -0.2) is 33.0 Å². The molecule has 0 aliphatic carbocycles. The third-order valence-corrected chi connectivity index (χ3v) is 5.46. The van der Waals surface area contributed by atoms with Crippen LogP contribution in [0.5, 0.6) is 5.75 Å². The molecule has 4 rings (SSSR count). The Labute approximate surface area is 183 Å². The van der Waals surface area contributed by atoms with Crippen LogP contribution in [0, 0.1) is 0 Å². The minimum Gasteiger partial charge on any atom is -0.494 e. The van der Waals surface area contributed by atoms with Crippen LogP contribution in [0.25, 0.3) is 16.8 Å². The molecule has 0 radical (unpaired) electrons. The van der Waals surface area contributed by atoms with E-state index in [9.17, 15) is 9.59 Å². The van der Waals surface area contributed by atoms with E-state index >= 15 is 0 Å². The van der Waals surface area contributed by atoms with E-state index in [1.54, 1.807) is 30.2 Å². The number of hydrogen-bond acceptors (Lipinski definition) is 5. The van der Waals surface area contributed by atoms with Gasteiger partial charge in [-0.2, -0.15) is 5.10 Å². The molecule has 7 nitrogen and oxygen atoms in total. The number of aromatic nitrogens is 3. The lowest BCUT2D eigenvalue weighted by Crippen LogP contribution is -2.28. The maximum absolute atomic E-state index is 12.9. The van der Waals surface area contributed by atoms with Gasteiger partial charge in [-0.05, 0) is 61.7 Å². The lowest BCUT2D eigenvalue weighted by atomic mass is 10.1. The van der Waals surface area contributed by atoms with Crippen LogP contribution in [0.1, 0.15) is 6.92 Å². The van der Waals surface area contributed by atoms with Crippen LogP contribution >= 0.6 is 11.8 Å². The highest BCUT2D eigenvalue weighted by Gasteiger charge is 2.12. The maximum atomic E-state index is 12.9. The van der Waals surface area contributed by atoms with E-state index in [1.165, 1.54) is 9.08 Å². The first kappa shape index (κ1) is 20.7. The van der Waals surface area contributed by atoms with Crippen molar-refractivity contribution in [3.05, 3.63) is 77.3 Å². The van der Waals surface area contributed by atoms with Gasteiger partial charge < -0.3 is 14.6 Å². The zero-order valence-electron chi connectivity index (χ0n) is 17.2. The molecule has 0 aliphatic heterocycles. The number of nitrogens with zero attached hydrogens (tertiary/aromatic N) is 3. The third kappa shape index (κ3) is 4.64. The van der Waals surface area contributed by atoms with Gasteiger partial charge >= 0.3 is 0 Å². The van der Waals surface area contributed by atoms with Crippen molar-refractivity contribution in [3.8, 4) is 17.0 Å². The van der Waals surface area contributed by atoms with Crippen molar-refractivity contribution in [1.29, 1.82) is 0 Å². The molecule has 4 aromatic rings. The van der Waals surface area contributed by atoms with Gasteiger partial charge in [-0.3, -0.25) is 9.59 Å². The van der Waals surface area contributed by atoms with Gasteiger partial charge in [0.1, 0.15) is 17.8 Å². The highest BCUT2D eigenvalue weighted by Crippen LogP contribution is 2.22. The van der Waals surface area contributed by atoms with Crippen molar-refractivity contribution in [2.45, 2.75) is 18.4 Å². The Kier molecular flexibility index (Phi) is 6.08. The van der Waals surface area contributed by atoms with Gasteiger partial charge in [0.15, 0.2) is 0 Å². The third-order valence-electron chi connectivity index (χ3n) is 4.73. The molecule has 2 aromatic carbocycles. The molecule has 0 bridgehead atoms. The Balaban J connectivity index is 1.55. The van der Waals surface area contributed by atoms with Crippen molar-refractivity contribution in [2.75, 3.05) is 18.2 Å². The van der Waals surface area contributed by atoms with Crippen molar-refractivity contribution in [1.82, 2.24) is 14.2 Å². The lowest BCUT2D eigenvalue weighted by Gasteiger charge is -2.08. The SMILES string of the molecule is CCOc1ccc(-c2cc3c(=O)n(CC(=O)Nc4cccc(SC)c4)ccn3n2)cc1. The first-order valence-corrected chi connectivity index (χ1v) is 11.1. The van der Waals surface area contributed by atoms with E-state index < -0.39 is 0 Å². The Morgan fingerprint density at radius 1 is 1.13 bits per heavy atom. The number of carbonyl (C=O) groups excluding carboxylic acids is 1. The van der Waals surface area contributed by atoms with Crippen molar-refractivity contribution < 1.29 is 9.53 Å². The Hall–Kier alpha value is -3.52. The van der Waals surface area contributed by atoms with Gasteiger partial charge in [-0.1, -0.05) is 6.07 Å². The van der Waals surface area contributed by atoms with Gasteiger partial charge in [-0.15, -0.1) is 11.8 Å². The van der Waals surface area contributed by atoms with E-state index in [2.05, 4.69) is 10.4 Å². The summed E-state index contributed by atoms with van der Waals surface area (Å²) < 4.78 is 8.38. The topological polar surface area (TPSA) is 77.6 Å². The minimum absolute atomic E-state index is 0.0810. The molecule has 0 unspecified atom stereocenters. The number of anilines is 1. The number of amides is 1. The largest absolute Gasteiger partial charge is 0.494 e. The molecule has 0 fully saturated rings. The average molecular weight is 435 g/mol. The van der Waals surface area contributed by atoms with Crippen molar-refractivity contribution in [2.24, 2.45) is 0 Å². The van der Waals surface area contributed by atoms with Gasteiger partial charge in [0, 0.05) is 28.5 Å². The summed E-state index contributed by atoms with van der Waals surface area (Å²) in [6.07, 6.45) is 5.22. The average Bonchev–Trinajstić information content (AvgIpc) is 3.22. The van der Waals surface area contributed by atoms with Gasteiger partial charge in [-0.25, -0.2) is 4.52 Å². The summed E-state index contributed by atoms with van der Waals surface area (Å²) in [4.78, 5) is 26.4. The number of benzene rings is 2. The molecule has 1 amide bonds. The summed E-state index contributed by atoms with van der Waals surface area (Å²) in [5, 5.41) is 7.33. The molecule has 0 aliphatic rings. The maximum Gasteiger partial charge on any atom is 0.277 e.